The summed E-state index contributed by atoms with van der Waals surface area (Å²) in [5.74, 6) is 2.77. The smallest absolute Gasteiger partial charge is 0.0771 e. The zero-order valence-electron chi connectivity index (χ0n) is 16.9. The zero-order chi connectivity index (χ0) is 21.2. The fourth-order valence-corrected chi connectivity index (χ4v) is 3.88. The van der Waals surface area contributed by atoms with Crippen molar-refractivity contribution in [3.63, 3.8) is 0 Å². The Labute approximate surface area is 188 Å². The van der Waals surface area contributed by atoms with Gasteiger partial charge in [0.2, 0.25) is 0 Å². The molecule has 0 unspecified atom stereocenters. The lowest BCUT2D eigenvalue weighted by molar-refractivity contribution is 0.0774. The van der Waals surface area contributed by atoms with E-state index >= 15 is 0 Å². The highest BCUT2D eigenvalue weighted by Gasteiger charge is 2.24. The monoisotopic (exact) mass is 459 g/mol. The highest BCUT2D eigenvalue weighted by Crippen LogP contribution is 2.22. The van der Waals surface area contributed by atoms with Crippen LogP contribution in [0.15, 0.2) is 95.5 Å². The second-order valence-electron chi connectivity index (χ2n) is 7.22. The lowest BCUT2D eigenvalue weighted by Crippen LogP contribution is -2.43. The largest absolute Gasteiger partial charge is 0.391 e. The van der Waals surface area contributed by atoms with Crippen LogP contribution < -0.4 is 0 Å². The van der Waals surface area contributed by atoms with Crippen LogP contribution in [0.2, 0.25) is 0 Å². The Morgan fingerprint density at radius 2 is 1.57 bits per heavy atom. The molecule has 3 rings (SSSR count). The van der Waals surface area contributed by atoms with Gasteiger partial charge in [0.05, 0.1) is 18.7 Å². The highest BCUT2D eigenvalue weighted by molar-refractivity contribution is 9.10. The summed E-state index contributed by atoms with van der Waals surface area (Å²) in [6.07, 6.45) is 9.80. The molecule has 0 aromatic heterocycles. The Morgan fingerprint density at radius 3 is 2.23 bits per heavy atom. The number of terminal acetylenes is 1. The molecule has 152 valence electrons. The van der Waals surface area contributed by atoms with Gasteiger partial charge in [-0.15, -0.1) is 6.42 Å². The number of aliphatic hydroxyl groups is 1. The van der Waals surface area contributed by atoms with Crippen molar-refractivity contribution < 1.29 is 5.11 Å². The van der Waals surface area contributed by atoms with E-state index in [9.17, 15) is 5.11 Å². The summed E-state index contributed by atoms with van der Waals surface area (Å²) in [5.41, 5.74) is 3.33. The van der Waals surface area contributed by atoms with Gasteiger partial charge in [0, 0.05) is 17.4 Å². The molecule has 0 aliphatic heterocycles. The molecule has 30 heavy (non-hydrogen) atoms. The van der Waals surface area contributed by atoms with Crippen molar-refractivity contribution in [2.45, 2.75) is 25.1 Å². The van der Waals surface area contributed by atoms with Gasteiger partial charge in [-0.3, -0.25) is 4.90 Å². The van der Waals surface area contributed by atoms with Gasteiger partial charge in [-0.2, -0.15) is 0 Å². The van der Waals surface area contributed by atoms with Gasteiger partial charge < -0.3 is 5.11 Å². The minimum atomic E-state index is -0.594. The third-order valence-electron chi connectivity index (χ3n) is 5.01. The Hall–Kier alpha value is -2.64. The lowest BCUT2D eigenvalue weighted by Gasteiger charge is -2.32. The SMILES string of the molecule is C#CCN(Cc1ccccc1Br)[C@H](/C=C/c1ccccc1)[C@@H](O)Cc1ccccc1. The van der Waals surface area contributed by atoms with Crippen molar-refractivity contribution in [1.82, 2.24) is 4.90 Å². The molecule has 0 aliphatic rings. The molecule has 0 spiro atoms. The van der Waals surface area contributed by atoms with Crippen LogP contribution in [0, 0.1) is 12.3 Å². The van der Waals surface area contributed by atoms with E-state index in [2.05, 4.69) is 57.1 Å². The molecule has 0 fully saturated rings. The summed E-state index contributed by atoms with van der Waals surface area (Å²) >= 11 is 3.63. The molecule has 1 N–H and O–H groups in total. The fraction of sp³-hybridized carbons (Fsp3) is 0.185. The molecule has 2 atom stereocenters. The molecule has 0 saturated carbocycles. The van der Waals surface area contributed by atoms with E-state index < -0.39 is 6.10 Å². The van der Waals surface area contributed by atoms with Crippen molar-refractivity contribution in [3.8, 4) is 12.3 Å². The van der Waals surface area contributed by atoms with E-state index in [1.807, 2.05) is 66.7 Å². The van der Waals surface area contributed by atoms with Crippen LogP contribution in [0.25, 0.3) is 6.08 Å². The van der Waals surface area contributed by atoms with Crippen LogP contribution in [-0.4, -0.2) is 28.7 Å². The number of aliphatic hydroxyl groups excluding tert-OH is 1. The number of hydrogen-bond donors (Lipinski definition) is 1. The van der Waals surface area contributed by atoms with Crippen LogP contribution in [0.4, 0.5) is 0 Å². The standard InChI is InChI=1S/C27H26BrNO/c1-2-19-29(21-24-15-9-10-16-25(24)28)26(18-17-22-11-5-3-6-12-22)27(30)20-23-13-7-4-8-14-23/h1,3-18,26-27,30H,19-21H2/b18-17+/t26-,27+/m1/s1. The second kappa shape index (κ2) is 11.5. The van der Waals surface area contributed by atoms with Gasteiger partial charge in [-0.1, -0.05) is 113 Å². The molecule has 3 heteroatoms. The van der Waals surface area contributed by atoms with E-state index in [1.54, 1.807) is 0 Å². The van der Waals surface area contributed by atoms with Crippen LogP contribution >= 0.6 is 15.9 Å². The van der Waals surface area contributed by atoms with Crippen molar-refractivity contribution in [1.29, 1.82) is 0 Å². The lowest BCUT2D eigenvalue weighted by atomic mass is 9.99. The van der Waals surface area contributed by atoms with Gasteiger partial charge in [0.25, 0.3) is 0 Å². The second-order valence-corrected chi connectivity index (χ2v) is 8.07. The van der Waals surface area contributed by atoms with Crippen molar-refractivity contribution >= 4 is 22.0 Å². The third-order valence-corrected chi connectivity index (χ3v) is 5.79. The molecule has 0 heterocycles. The number of hydrogen-bond acceptors (Lipinski definition) is 2. The highest BCUT2D eigenvalue weighted by atomic mass is 79.9. The first-order chi connectivity index (χ1) is 14.7. The summed E-state index contributed by atoms with van der Waals surface area (Å²) < 4.78 is 1.04. The molecule has 0 aliphatic carbocycles. The maximum atomic E-state index is 11.2. The van der Waals surface area contributed by atoms with E-state index in [4.69, 9.17) is 6.42 Å². The number of halogens is 1. The normalized spacial score (nSPS) is 13.3. The predicted octanol–water partition coefficient (Wildman–Crippen LogP) is 5.57. The first-order valence-corrected chi connectivity index (χ1v) is 10.8. The minimum absolute atomic E-state index is 0.228. The Balaban J connectivity index is 1.89. The van der Waals surface area contributed by atoms with Crippen molar-refractivity contribution in [2.24, 2.45) is 0 Å². The molecule has 0 saturated heterocycles. The molecule has 0 bridgehead atoms. The van der Waals surface area contributed by atoms with E-state index in [-0.39, 0.29) is 6.04 Å². The van der Waals surface area contributed by atoms with Gasteiger partial charge in [-0.25, -0.2) is 0 Å². The summed E-state index contributed by atoms with van der Waals surface area (Å²) in [6, 6.07) is 28.1. The van der Waals surface area contributed by atoms with E-state index in [0.29, 0.717) is 19.5 Å². The maximum Gasteiger partial charge on any atom is 0.0771 e. The number of nitrogens with zero attached hydrogens (tertiary/aromatic N) is 1. The predicted molar refractivity (Wildman–Crippen MR) is 129 cm³/mol. The van der Waals surface area contributed by atoms with Crippen LogP contribution in [0.3, 0.4) is 0 Å². The molecule has 3 aromatic rings. The first-order valence-electron chi connectivity index (χ1n) is 10.0. The van der Waals surface area contributed by atoms with Crippen molar-refractivity contribution in [3.05, 3.63) is 112 Å². The summed E-state index contributed by atoms with van der Waals surface area (Å²) in [4.78, 5) is 2.15. The molecule has 0 amide bonds. The minimum Gasteiger partial charge on any atom is -0.391 e. The zero-order valence-corrected chi connectivity index (χ0v) is 18.4. The van der Waals surface area contributed by atoms with Gasteiger partial charge in [-0.05, 0) is 22.8 Å². The van der Waals surface area contributed by atoms with Crippen molar-refractivity contribution in [2.75, 3.05) is 6.54 Å². The molecule has 2 nitrogen and oxygen atoms in total. The van der Waals surface area contributed by atoms with Crippen LogP contribution in [-0.2, 0) is 13.0 Å². The Kier molecular flexibility index (Phi) is 8.47. The summed E-state index contributed by atoms with van der Waals surface area (Å²) in [6.45, 7) is 1.08. The molecular formula is C27H26BrNO. The maximum absolute atomic E-state index is 11.2. The average Bonchev–Trinajstić information content (AvgIpc) is 2.77. The average molecular weight is 460 g/mol. The van der Waals surface area contributed by atoms with Crippen LogP contribution in [0.1, 0.15) is 16.7 Å². The van der Waals surface area contributed by atoms with Crippen LogP contribution in [0.5, 0.6) is 0 Å². The first kappa shape index (κ1) is 22.1. The van der Waals surface area contributed by atoms with Gasteiger partial charge in [0.1, 0.15) is 0 Å². The van der Waals surface area contributed by atoms with E-state index in [1.165, 1.54) is 0 Å². The molecule has 0 radical (unpaired) electrons. The fourth-order valence-electron chi connectivity index (χ4n) is 3.47. The quantitative estimate of drug-likeness (QED) is 0.422. The summed E-state index contributed by atoms with van der Waals surface area (Å²) in [5, 5.41) is 11.2. The summed E-state index contributed by atoms with van der Waals surface area (Å²) in [7, 11) is 0. The number of benzene rings is 3. The Morgan fingerprint density at radius 1 is 0.933 bits per heavy atom. The topological polar surface area (TPSA) is 23.5 Å². The van der Waals surface area contributed by atoms with E-state index in [0.717, 1.165) is 21.2 Å². The number of rotatable bonds is 9. The Bertz CT molecular complexity index is 979. The van der Waals surface area contributed by atoms with Gasteiger partial charge in [0.15, 0.2) is 0 Å². The molecule has 3 aromatic carbocycles. The molecular weight excluding hydrogens is 434 g/mol. The third kappa shape index (κ3) is 6.43. The van der Waals surface area contributed by atoms with Gasteiger partial charge >= 0.3 is 0 Å².